The first-order valence-corrected chi connectivity index (χ1v) is 6.19. The van der Waals surface area contributed by atoms with Crippen LogP contribution in [-0.2, 0) is 11.3 Å². The summed E-state index contributed by atoms with van der Waals surface area (Å²) in [6.07, 6.45) is 9.33. The van der Waals surface area contributed by atoms with Gasteiger partial charge in [0.15, 0.2) is 0 Å². The van der Waals surface area contributed by atoms with E-state index in [1.54, 1.807) is 0 Å². The lowest BCUT2D eigenvalue weighted by Gasteiger charge is -2.22. The summed E-state index contributed by atoms with van der Waals surface area (Å²) in [7, 11) is 0. The lowest BCUT2D eigenvalue weighted by Crippen LogP contribution is -2.32. The van der Waals surface area contributed by atoms with Gasteiger partial charge >= 0.3 is 0 Å². The van der Waals surface area contributed by atoms with Gasteiger partial charge in [0.05, 0.1) is 12.9 Å². The van der Waals surface area contributed by atoms with Gasteiger partial charge in [-0.1, -0.05) is 0 Å². The highest BCUT2D eigenvalue weighted by Gasteiger charge is 2.12. The molecule has 0 amide bonds. The predicted molar refractivity (Wildman–Crippen MR) is 63.3 cm³/mol. The van der Waals surface area contributed by atoms with Gasteiger partial charge in [-0.2, -0.15) is 0 Å². The van der Waals surface area contributed by atoms with Gasteiger partial charge in [0.25, 0.3) is 0 Å². The fraction of sp³-hybridized carbons (Fsp3) is 0.750. The number of hydrogen-bond donors (Lipinski definition) is 1. The molecule has 2 heterocycles. The molecule has 1 atom stereocenters. The van der Waals surface area contributed by atoms with Crippen LogP contribution in [0, 0.1) is 5.92 Å². The van der Waals surface area contributed by atoms with Crippen LogP contribution >= 0.6 is 0 Å². The number of nitrogens with one attached hydrogen (secondary N) is 1. The standard InChI is InChI=1S/C12H21N3O/c1-3-12(9-13-4-1)10-16-8-2-6-15-7-5-14-11-15/h5,7,11-13H,1-4,6,8-10H2/t12-/m0/s1. The van der Waals surface area contributed by atoms with Crippen molar-refractivity contribution in [2.45, 2.75) is 25.8 Å². The van der Waals surface area contributed by atoms with E-state index in [-0.39, 0.29) is 0 Å². The minimum Gasteiger partial charge on any atom is -0.381 e. The van der Waals surface area contributed by atoms with E-state index in [0.29, 0.717) is 0 Å². The molecule has 0 unspecified atom stereocenters. The molecule has 1 fully saturated rings. The summed E-state index contributed by atoms with van der Waals surface area (Å²) in [5, 5.41) is 3.41. The van der Waals surface area contributed by atoms with Gasteiger partial charge in [-0.3, -0.25) is 0 Å². The highest BCUT2D eigenvalue weighted by molar-refractivity contribution is 4.73. The number of aryl methyl sites for hydroxylation is 1. The summed E-state index contributed by atoms with van der Waals surface area (Å²) in [6, 6.07) is 0. The van der Waals surface area contributed by atoms with E-state index in [1.807, 2.05) is 18.7 Å². The summed E-state index contributed by atoms with van der Waals surface area (Å²) >= 11 is 0. The third-order valence-corrected chi connectivity index (χ3v) is 3.02. The first-order valence-electron chi connectivity index (χ1n) is 6.19. The van der Waals surface area contributed by atoms with E-state index in [0.717, 1.165) is 38.6 Å². The zero-order valence-corrected chi connectivity index (χ0v) is 9.77. The van der Waals surface area contributed by atoms with Crippen molar-refractivity contribution in [1.82, 2.24) is 14.9 Å². The number of imidazole rings is 1. The fourth-order valence-electron chi connectivity index (χ4n) is 2.08. The van der Waals surface area contributed by atoms with Crippen molar-refractivity contribution < 1.29 is 4.74 Å². The first kappa shape index (κ1) is 11.6. The largest absolute Gasteiger partial charge is 0.381 e. The topological polar surface area (TPSA) is 39.1 Å². The van der Waals surface area contributed by atoms with Gasteiger partial charge in [0, 0.05) is 32.1 Å². The Balaban J connectivity index is 1.48. The maximum atomic E-state index is 5.70. The Labute approximate surface area is 97.0 Å². The Hall–Kier alpha value is -0.870. The predicted octanol–water partition coefficient (Wildman–Crippen LogP) is 1.29. The van der Waals surface area contributed by atoms with Crippen LogP contribution in [0.4, 0.5) is 0 Å². The van der Waals surface area contributed by atoms with Crippen LogP contribution < -0.4 is 5.32 Å². The van der Waals surface area contributed by atoms with Gasteiger partial charge in [-0.15, -0.1) is 0 Å². The Morgan fingerprint density at radius 3 is 3.25 bits per heavy atom. The monoisotopic (exact) mass is 223 g/mol. The van der Waals surface area contributed by atoms with Crippen molar-refractivity contribution in [1.29, 1.82) is 0 Å². The van der Waals surface area contributed by atoms with Crippen LogP contribution in [0.3, 0.4) is 0 Å². The molecule has 1 aliphatic rings. The molecule has 0 aromatic carbocycles. The van der Waals surface area contributed by atoms with E-state index in [2.05, 4.69) is 14.9 Å². The zero-order chi connectivity index (χ0) is 11.1. The Kier molecular flexibility index (Phi) is 4.83. The molecule has 1 saturated heterocycles. The maximum absolute atomic E-state index is 5.70. The van der Waals surface area contributed by atoms with Gasteiger partial charge in [-0.25, -0.2) is 4.98 Å². The normalized spacial score (nSPS) is 21.1. The molecule has 16 heavy (non-hydrogen) atoms. The van der Waals surface area contributed by atoms with Crippen LogP contribution in [0.5, 0.6) is 0 Å². The van der Waals surface area contributed by atoms with E-state index >= 15 is 0 Å². The summed E-state index contributed by atoms with van der Waals surface area (Å²) in [6.45, 7) is 5.08. The second kappa shape index (κ2) is 6.66. The van der Waals surface area contributed by atoms with Crippen LogP contribution in [0.25, 0.3) is 0 Å². The second-order valence-corrected chi connectivity index (χ2v) is 4.44. The molecule has 0 aliphatic carbocycles. The van der Waals surface area contributed by atoms with Crippen LogP contribution in [0.1, 0.15) is 19.3 Å². The molecule has 0 saturated carbocycles. The Bertz CT molecular complexity index is 268. The first-order chi connectivity index (χ1) is 7.95. The van der Waals surface area contributed by atoms with E-state index in [1.165, 1.54) is 19.4 Å². The fourth-order valence-corrected chi connectivity index (χ4v) is 2.08. The maximum Gasteiger partial charge on any atom is 0.0945 e. The molecule has 0 spiro atoms. The van der Waals surface area contributed by atoms with Gasteiger partial charge in [-0.05, 0) is 31.7 Å². The number of piperidine rings is 1. The lowest BCUT2D eigenvalue weighted by molar-refractivity contribution is 0.0861. The molecule has 4 heteroatoms. The molecule has 1 N–H and O–H groups in total. The Morgan fingerprint density at radius 1 is 1.50 bits per heavy atom. The summed E-state index contributed by atoms with van der Waals surface area (Å²) in [5.41, 5.74) is 0. The van der Waals surface area contributed by atoms with Crippen molar-refractivity contribution in [3.63, 3.8) is 0 Å². The zero-order valence-electron chi connectivity index (χ0n) is 9.77. The average Bonchev–Trinajstić information content (AvgIpc) is 2.83. The molecule has 0 bridgehead atoms. The van der Waals surface area contributed by atoms with E-state index in [9.17, 15) is 0 Å². The summed E-state index contributed by atoms with van der Waals surface area (Å²) in [5.74, 6) is 0.724. The molecule has 0 radical (unpaired) electrons. The average molecular weight is 223 g/mol. The molecular weight excluding hydrogens is 202 g/mol. The van der Waals surface area contributed by atoms with Crippen LogP contribution in [0.15, 0.2) is 18.7 Å². The molecular formula is C12H21N3O. The van der Waals surface area contributed by atoms with Gasteiger partial charge in [0.2, 0.25) is 0 Å². The molecule has 90 valence electrons. The van der Waals surface area contributed by atoms with Crippen molar-refractivity contribution in [3.05, 3.63) is 18.7 Å². The van der Waals surface area contributed by atoms with Crippen molar-refractivity contribution in [3.8, 4) is 0 Å². The number of ether oxygens (including phenoxy) is 1. The minimum absolute atomic E-state index is 0.724. The van der Waals surface area contributed by atoms with Crippen molar-refractivity contribution >= 4 is 0 Å². The second-order valence-electron chi connectivity index (χ2n) is 4.44. The number of rotatable bonds is 6. The van der Waals surface area contributed by atoms with Crippen molar-refractivity contribution in [2.24, 2.45) is 5.92 Å². The molecule has 1 aliphatic heterocycles. The van der Waals surface area contributed by atoms with Crippen molar-refractivity contribution in [2.75, 3.05) is 26.3 Å². The summed E-state index contributed by atoms with van der Waals surface area (Å²) < 4.78 is 7.79. The van der Waals surface area contributed by atoms with E-state index < -0.39 is 0 Å². The number of hydrogen-bond acceptors (Lipinski definition) is 3. The van der Waals surface area contributed by atoms with Gasteiger partial charge in [0.1, 0.15) is 0 Å². The third kappa shape index (κ3) is 3.94. The highest BCUT2D eigenvalue weighted by atomic mass is 16.5. The van der Waals surface area contributed by atoms with Crippen LogP contribution in [0.2, 0.25) is 0 Å². The van der Waals surface area contributed by atoms with Crippen LogP contribution in [-0.4, -0.2) is 35.9 Å². The number of nitrogens with zero attached hydrogens (tertiary/aromatic N) is 2. The van der Waals surface area contributed by atoms with Gasteiger partial charge < -0.3 is 14.6 Å². The SMILES string of the molecule is c1cn(CCCOC[C@H]2CCCNC2)cn1. The quantitative estimate of drug-likeness (QED) is 0.739. The molecule has 2 rings (SSSR count). The smallest absolute Gasteiger partial charge is 0.0945 e. The van der Waals surface area contributed by atoms with E-state index in [4.69, 9.17) is 4.74 Å². The molecule has 4 nitrogen and oxygen atoms in total. The minimum atomic E-state index is 0.724. The Morgan fingerprint density at radius 2 is 2.50 bits per heavy atom. The highest BCUT2D eigenvalue weighted by Crippen LogP contribution is 2.09. The molecule has 1 aromatic heterocycles. The number of aromatic nitrogens is 2. The summed E-state index contributed by atoms with van der Waals surface area (Å²) in [4.78, 5) is 4.01. The lowest BCUT2D eigenvalue weighted by atomic mass is 10.0. The third-order valence-electron chi connectivity index (χ3n) is 3.02. The molecule has 1 aromatic rings.